The van der Waals surface area contributed by atoms with Crippen LogP contribution in [0.4, 0.5) is 0 Å². The third kappa shape index (κ3) is 2.57. The van der Waals surface area contributed by atoms with Gasteiger partial charge >= 0.3 is 5.97 Å². The van der Waals surface area contributed by atoms with Crippen molar-refractivity contribution in [3.8, 4) is 5.75 Å². The fourth-order valence-electron chi connectivity index (χ4n) is 3.47. The fraction of sp³-hybridized carbons (Fsp3) is 0.174. The molecule has 0 radical (unpaired) electrons. The summed E-state index contributed by atoms with van der Waals surface area (Å²) < 4.78 is 11.5. The zero-order chi connectivity index (χ0) is 18.1. The number of rotatable bonds is 3. The lowest BCUT2D eigenvalue weighted by molar-refractivity contribution is -0.154. The molecule has 0 saturated carbocycles. The van der Waals surface area contributed by atoms with Crippen LogP contribution in [0.1, 0.15) is 25.0 Å². The van der Waals surface area contributed by atoms with Gasteiger partial charge in [0.1, 0.15) is 5.75 Å². The molecule has 3 nitrogen and oxygen atoms in total. The van der Waals surface area contributed by atoms with Crippen LogP contribution in [0.15, 0.2) is 66.7 Å². The van der Waals surface area contributed by atoms with Crippen LogP contribution in [0.5, 0.6) is 5.75 Å². The van der Waals surface area contributed by atoms with Crippen molar-refractivity contribution in [2.24, 2.45) is 0 Å². The number of hydrogen-bond acceptors (Lipinski definition) is 3. The highest BCUT2D eigenvalue weighted by Gasteiger charge is 2.48. The Bertz CT molecular complexity index is 1000. The van der Waals surface area contributed by atoms with Gasteiger partial charge in [-0.1, -0.05) is 60.7 Å². The Morgan fingerprint density at radius 1 is 1.04 bits per heavy atom. The third-order valence-electron chi connectivity index (χ3n) is 4.76. The standard InChI is InChI=1S/C23H20O3/c1-3-25-22(24)23(2)19(15-16-9-5-4-6-10-16)21-18-12-8-7-11-17(18)13-14-20(21)26-23/h4-15H,3H2,1-2H3/b19-15-/t23-/m0/s1. The minimum absolute atomic E-state index is 0.313. The topological polar surface area (TPSA) is 35.5 Å². The minimum atomic E-state index is -1.17. The van der Waals surface area contributed by atoms with E-state index in [4.69, 9.17) is 9.47 Å². The summed E-state index contributed by atoms with van der Waals surface area (Å²) in [4.78, 5) is 12.8. The molecule has 0 spiro atoms. The average Bonchev–Trinajstić information content (AvgIpc) is 2.96. The van der Waals surface area contributed by atoms with Gasteiger partial charge in [0, 0.05) is 11.1 Å². The van der Waals surface area contributed by atoms with E-state index in [2.05, 4.69) is 12.1 Å². The normalized spacial score (nSPS) is 20.0. The molecule has 3 aromatic rings. The summed E-state index contributed by atoms with van der Waals surface area (Å²) in [6.45, 7) is 3.90. The maximum absolute atomic E-state index is 12.8. The molecule has 0 unspecified atom stereocenters. The fourth-order valence-corrected chi connectivity index (χ4v) is 3.47. The summed E-state index contributed by atoms with van der Waals surface area (Å²) in [5, 5.41) is 2.18. The van der Waals surface area contributed by atoms with Crippen LogP contribution >= 0.6 is 0 Å². The first-order chi connectivity index (χ1) is 12.6. The zero-order valence-electron chi connectivity index (χ0n) is 14.9. The van der Waals surface area contributed by atoms with Crippen molar-refractivity contribution in [1.82, 2.24) is 0 Å². The molecule has 0 N–H and O–H groups in total. The summed E-state index contributed by atoms with van der Waals surface area (Å²) in [5.74, 6) is 0.337. The lowest BCUT2D eigenvalue weighted by atomic mass is 9.87. The molecule has 0 bridgehead atoms. The Hall–Kier alpha value is -3.07. The minimum Gasteiger partial charge on any atom is -0.470 e. The van der Waals surface area contributed by atoms with E-state index in [1.54, 1.807) is 13.8 Å². The molecule has 3 heteroatoms. The maximum atomic E-state index is 12.8. The number of benzene rings is 3. The Morgan fingerprint density at radius 3 is 2.54 bits per heavy atom. The van der Waals surface area contributed by atoms with Crippen LogP contribution in [0, 0.1) is 0 Å². The third-order valence-corrected chi connectivity index (χ3v) is 4.76. The quantitative estimate of drug-likeness (QED) is 0.621. The molecule has 0 fully saturated rings. The first kappa shape index (κ1) is 16.4. The Balaban J connectivity index is 1.98. The number of esters is 1. The molecular formula is C23H20O3. The van der Waals surface area contributed by atoms with Crippen LogP contribution in [-0.2, 0) is 9.53 Å². The molecule has 26 heavy (non-hydrogen) atoms. The van der Waals surface area contributed by atoms with Gasteiger partial charge in [0.2, 0.25) is 5.60 Å². The van der Waals surface area contributed by atoms with Gasteiger partial charge in [-0.25, -0.2) is 4.79 Å². The van der Waals surface area contributed by atoms with Crippen LogP contribution < -0.4 is 4.74 Å². The number of carbonyl (C=O) groups excluding carboxylic acids is 1. The summed E-state index contributed by atoms with van der Waals surface area (Å²) in [5.41, 5.74) is 1.64. The van der Waals surface area contributed by atoms with Crippen LogP contribution in [0.25, 0.3) is 22.4 Å². The van der Waals surface area contributed by atoms with Crippen LogP contribution in [-0.4, -0.2) is 18.2 Å². The summed E-state index contributed by atoms with van der Waals surface area (Å²) >= 11 is 0. The van der Waals surface area contributed by atoms with Gasteiger partial charge < -0.3 is 9.47 Å². The maximum Gasteiger partial charge on any atom is 0.354 e. The molecule has 3 aromatic carbocycles. The second-order valence-corrected chi connectivity index (χ2v) is 6.48. The van der Waals surface area contributed by atoms with Gasteiger partial charge in [-0.05, 0) is 42.3 Å². The number of hydrogen-bond donors (Lipinski definition) is 0. The van der Waals surface area contributed by atoms with E-state index in [-0.39, 0.29) is 5.97 Å². The van der Waals surface area contributed by atoms with Crippen LogP contribution in [0.3, 0.4) is 0 Å². The lowest BCUT2D eigenvalue weighted by Crippen LogP contribution is -2.40. The first-order valence-electron chi connectivity index (χ1n) is 8.79. The van der Waals surface area contributed by atoms with Crippen molar-refractivity contribution in [2.75, 3.05) is 6.61 Å². The molecule has 1 atom stereocenters. The van der Waals surface area contributed by atoms with E-state index in [1.165, 1.54) is 0 Å². The smallest absolute Gasteiger partial charge is 0.354 e. The van der Waals surface area contributed by atoms with Gasteiger partial charge in [0.25, 0.3) is 0 Å². The van der Waals surface area contributed by atoms with E-state index < -0.39 is 5.60 Å². The highest BCUT2D eigenvalue weighted by atomic mass is 16.6. The molecule has 130 valence electrons. The van der Waals surface area contributed by atoms with Gasteiger partial charge in [0.15, 0.2) is 0 Å². The van der Waals surface area contributed by atoms with Crippen molar-refractivity contribution in [1.29, 1.82) is 0 Å². The monoisotopic (exact) mass is 344 g/mol. The van der Waals surface area contributed by atoms with E-state index in [0.717, 1.165) is 27.5 Å². The van der Waals surface area contributed by atoms with Crippen molar-refractivity contribution in [3.63, 3.8) is 0 Å². The molecule has 0 saturated heterocycles. The molecule has 1 aliphatic rings. The molecule has 4 rings (SSSR count). The number of fused-ring (bicyclic) bond motifs is 3. The van der Waals surface area contributed by atoms with Crippen molar-refractivity contribution >= 4 is 28.4 Å². The molecular weight excluding hydrogens is 324 g/mol. The van der Waals surface area contributed by atoms with Crippen LogP contribution in [0.2, 0.25) is 0 Å². The molecule has 1 heterocycles. The van der Waals surface area contributed by atoms with Crippen molar-refractivity contribution < 1.29 is 14.3 Å². The van der Waals surface area contributed by atoms with E-state index in [9.17, 15) is 4.79 Å². The number of ether oxygens (including phenoxy) is 2. The van der Waals surface area contributed by atoms with Gasteiger partial charge in [-0.2, -0.15) is 0 Å². The highest BCUT2D eigenvalue weighted by molar-refractivity contribution is 6.11. The Kier molecular flexibility index (Phi) is 4.00. The Morgan fingerprint density at radius 2 is 1.77 bits per heavy atom. The first-order valence-corrected chi connectivity index (χ1v) is 8.79. The molecule has 0 amide bonds. The van der Waals surface area contributed by atoms with Gasteiger partial charge in [0.05, 0.1) is 6.61 Å². The van der Waals surface area contributed by atoms with Crippen molar-refractivity contribution in [2.45, 2.75) is 19.4 Å². The average molecular weight is 344 g/mol. The molecule has 1 aliphatic heterocycles. The largest absolute Gasteiger partial charge is 0.470 e. The second kappa shape index (κ2) is 6.34. The van der Waals surface area contributed by atoms with Crippen molar-refractivity contribution in [3.05, 3.63) is 77.9 Å². The Labute approximate surface area is 152 Å². The predicted molar refractivity (Wildman–Crippen MR) is 104 cm³/mol. The zero-order valence-corrected chi connectivity index (χ0v) is 14.9. The second-order valence-electron chi connectivity index (χ2n) is 6.48. The SMILES string of the molecule is CCOC(=O)[C@@]1(C)Oc2ccc3ccccc3c2/C1=C/c1ccccc1. The number of carbonyl (C=O) groups is 1. The summed E-state index contributed by atoms with van der Waals surface area (Å²) in [6, 6.07) is 22.1. The van der Waals surface area contributed by atoms with E-state index in [1.807, 2.05) is 60.7 Å². The highest BCUT2D eigenvalue weighted by Crippen LogP contribution is 2.48. The van der Waals surface area contributed by atoms with Gasteiger partial charge in [-0.15, -0.1) is 0 Å². The molecule has 0 aliphatic carbocycles. The van der Waals surface area contributed by atoms with E-state index in [0.29, 0.717) is 12.4 Å². The van der Waals surface area contributed by atoms with E-state index >= 15 is 0 Å². The summed E-state index contributed by atoms with van der Waals surface area (Å²) in [7, 11) is 0. The van der Waals surface area contributed by atoms with Gasteiger partial charge in [-0.3, -0.25) is 0 Å². The molecule has 0 aromatic heterocycles. The summed E-state index contributed by atoms with van der Waals surface area (Å²) in [6.07, 6.45) is 2.02. The lowest BCUT2D eigenvalue weighted by Gasteiger charge is -2.23. The predicted octanol–water partition coefficient (Wildman–Crippen LogP) is 5.09.